The van der Waals surface area contributed by atoms with Crippen LogP contribution in [0.1, 0.15) is 37.3 Å². The van der Waals surface area contributed by atoms with Gasteiger partial charge in [-0.25, -0.2) is 8.42 Å². The van der Waals surface area contributed by atoms with Gasteiger partial charge >= 0.3 is 0 Å². The van der Waals surface area contributed by atoms with Crippen molar-refractivity contribution in [3.05, 3.63) is 11.1 Å². The highest BCUT2D eigenvalue weighted by Crippen LogP contribution is 2.48. The number of hydrogen-bond acceptors (Lipinski definition) is 6. The number of phenolic OH excluding ortho intramolecular Hbond substituents is 1. The Morgan fingerprint density at radius 1 is 1.25 bits per heavy atom. The quantitative estimate of drug-likeness (QED) is 0.837. The average molecular weight is 303 g/mol. The lowest BCUT2D eigenvalue weighted by Gasteiger charge is -2.24. The Morgan fingerprint density at radius 2 is 1.75 bits per heavy atom. The minimum absolute atomic E-state index is 0.111. The second-order valence-corrected chi connectivity index (χ2v) is 5.86. The maximum atomic E-state index is 11.5. The molecule has 0 aliphatic heterocycles. The Balaban J connectivity index is 3.95. The van der Waals surface area contributed by atoms with Gasteiger partial charge in [0.15, 0.2) is 0 Å². The summed E-state index contributed by atoms with van der Waals surface area (Å²) >= 11 is 0. The van der Waals surface area contributed by atoms with Crippen LogP contribution in [-0.2, 0) is 10.1 Å². The minimum atomic E-state index is -4.80. The van der Waals surface area contributed by atoms with E-state index in [1.165, 1.54) is 21.1 Å². The molecular weight excluding hydrogens is 284 g/mol. The van der Waals surface area contributed by atoms with Crippen molar-refractivity contribution in [3.63, 3.8) is 0 Å². The molecule has 6 nitrogen and oxygen atoms in total. The van der Waals surface area contributed by atoms with E-state index in [0.29, 0.717) is 12.0 Å². The third-order valence-corrected chi connectivity index (χ3v) is 4.24. The number of phenols is 1. The highest BCUT2D eigenvalue weighted by molar-refractivity contribution is 7.86. The third kappa shape index (κ3) is 2.69. The van der Waals surface area contributed by atoms with E-state index in [9.17, 15) is 18.1 Å². The summed E-state index contributed by atoms with van der Waals surface area (Å²) in [6.07, 6.45) is 0.647. The van der Waals surface area contributed by atoms with Gasteiger partial charge in [-0.05, 0) is 19.3 Å². The summed E-state index contributed by atoms with van der Waals surface area (Å²) in [4.78, 5) is -0.562. The first-order valence-corrected chi connectivity index (χ1v) is 7.54. The van der Waals surface area contributed by atoms with E-state index in [-0.39, 0.29) is 28.7 Å². The van der Waals surface area contributed by atoms with Crippen molar-refractivity contribution in [3.8, 4) is 17.2 Å². The first kappa shape index (κ1) is 16.6. The Hall–Kier alpha value is -1.47. The van der Waals surface area contributed by atoms with Crippen LogP contribution in [0.25, 0.3) is 0 Å². The zero-order valence-electron chi connectivity index (χ0n) is 12.2. The van der Waals surface area contributed by atoms with Crippen molar-refractivity contribution in [2.24, 2.45) is 0 Å². The van der Waals surface area contributed by atoms with Gasteiger partial charge in [0.25, 0.3) is 0 Å². The first-order valence-electron chi connectivity index (χ1n) is 6.13. The number of hydrogen-bond donors (Lipinski definition) is 1. The number of rotatable bonds is 5. The number of benzene rings is 1. The summed E-state index contributed by atoms with van der Waals surface area (Å²) in [5.41, 5.74) is 0.515. The highest BCUT2D eigenvalue weighted by Gasteiger charge is 2.29. The second-order valence-electron chi connectivity index (χ2n) is 4.55. The molecule has 20 heavy (non-hydrogen) atoms. The van der Waals surface area contributed by atoms with E-state index in [4.69, 9.17) is 9.47 Å². The van der Waals surface area contributed by atoms with Gasteiger partial charge in [-0.1, -0.05) is 13.8 Å². The lowest BCUT2D eigenvalue weighted by Crippen LogP contribution is -2.10. The van der Waals surface area contributed by atoms with E-state index >= 15 is 0 Å². The van der Waals surface area contributed by atoms with Gasteiger partial charge in [0, 0.05) is 11.1 Å². The van der Waals surface area contributed by atoms with Crippen molar-refractivity contribution in [1.82, 2.24) is 0 Å². The maximum absolute atomic E-state index is 11.5. The Labute approximate surface area is 119 Å². The summed E-state index contributed by atoms with van der Waals surface area (Å²) in [5, 5.41) is 10.3. The molecule has 7 heteroatoms. The lowest BCUT2D eigenvalue weighted by molar-refractivity contribution is 0.347. The molecule has 0 spiro atoms. The van der Waals surface area contributed by atoms with E-state index in [1.54, 1.807) is 0 Å². The first-order chi connectivity index (χ1) is 9.20. The minimum Gasteiger partial charge on any atom is -0.744 e. The molecule has 0 saturated heterocycles. The Kier molecular flexibility index (Phi) is 4.88. The summed E-state index contributed by atoms with van der Waals surface area (Å²) in [7, 11) is -2.31. The molecule has 0 saturated carbocycles. The van der Waals surface area contributed by atoms with Crippen molar-refractivity contribution in [1.29, 1.82) is 0 Å². The van der Waals surface area contributed by atoms with Crippen LogP contribution in [-0.4, -0.2) is 32.3 Å². The van der Waals surface area contributed by atoms with Gasteiger partial charge in [0.2, 0.25) is 0 Å². The third-order valence-electron chi connectivity index (χ3n) is 3.37. The molecule has 0 aromatic heterocycles. The number of methoxy groups -OCH3 is 2. The highest BCUT2D eigenvalue weighted by atomic mass is 32.2. The van der Waals surface area contributed by atoms with Gasteiger partial charge in [0.05, 0.1) is 14.2 Å². The van der Waals surface area contributed by atoms with Crippen LogP contribution < -0.4 is 9.47 Å². The van der Waals surface area contributed by atoms with Gasteiger partial charge in [-0.3, -0.25) is 0 Å². The fourth-order valence-corrected chi connectivity index (χ4v) is 3.03. The van der Waals surface area contributed by atoms with Crippen molar-refractivity contribution < 1.29 is 27.6 Å². The fourth-order valence-electron chi connectivity index (χ4n) is 2.15. The smallest absolute Gasteiger partial charge is 0.147 e. The topological polar surface area (TPSA) is 95.9 Å². The molecule has 1 aromatic carbocycles. The molecule has 1 aromatic rings. The molecule has 0 aliphatic carbocycles. The van der Waals surface area contributed by atoms with Crippen LogP contribution in [0.3, 0.4) is 0 Å². The van der Waals surface area contributed by atoms with Crippen LogP contribution in [0.4, 0.5) is 0 Å². The normalized spacial score (nSPS) is 13.1. The molecule has 0 heterocycles. The van der Waals surface area contributed by atoms with E-state index in [1.807, 2.05) is 13.8 Å². The van der Waals surface area contributed by atoms with E-state index in [2.05, 4.69) is 0 Å². The molecule has 1 unspecified atom stereocenters. The van der Waals surface area contributed by atoms with Crippen LogP contribution in [0, 0.1) is 6.92 Å². The number of aromatic hydroxyl groups is 1. The molecule has 0 amide bonds. The molecule has 0 bridgehead atoms. The van der Waals surface area contributed by atoms with E-state index in [0.717, 1.165) is 0 Å². The largest absolute Gasteiger partial charge is 0.744 e. The SMILES string of the molecule is CCC(C)c1c(O)c(C)c(OC)c(S(=O)(=O)[O-])c1OC. The van der Waals surface area contributed by atoms with Crippen LogP contribution in [0.2, 0.25) is 0 Å². The second kappa shape index (κ2) is 5.88. The zero-order chi connectivity index (χ0) is 15.7. The summed E-state index contributed by atoms with van der Waals surface area (Å²) < 4.78 is 44.6. The van der Waals surface area contributed by atoms with Gasteiger partial charge in [-0.2, -0.15) is 0 Å². The van der Waals surface area contributed by atoms with Gasteiger partial charge in [-0.15, -0.1) is 0 Å². The van der Waals surface area contributed by atoms with Crippen LogP contribution in [0.15, 0.2) is 4.90 Å². The van der Waals surface area contributed by atoms with Crippen molar-refractivity contribution in [2.45, 2.75) is 38.0 Å². The predicted octanol–water partition coefficient (Wildman–Crippen LogP) is 2.14. The summed E-state index contributed by atoms with van der Waals surface area (Å²) in [6, 6.07) is 0. The molecule has 1 atom stereocenters. The molecular formula is C13H19O6S-. The standard InChI is InChI=1S/C13H20O6S/c1-6-7(2)9-10(14)8(3)11(18-4)13(12(9)19-5)20(15,16)17/h7,14H,6H2,1-5H3,(H,15,16,17)/p-1. The number of ether oxygens (including phenoxy) is 2. The molecule has 1 rings (SSSR count). The van der Waals surface area contributed by atoms with Crippen molar-refractivity contribution >= 4 is 10.1 Å². The summed E-state index contributed by atoms with van der Waals surface area (Å²) in [6.45, 7) is 5.19. The predicted molar refractivity (Wildman–Crippen MR) is 72.6 cm³/mol. The monoisotopic (exact) mass is 303 g/mol. The maximum Gasteiger partial charge on any atom is 0.147 e. The molecule has 0 fully saturated rings. The molecule has 114 valence electrons. The average Bonchev–Trinajstić information content (AvgIpc) is 2.38. The Morgan fingerprint density at radius 3 is 2.10 bits per heavy atom. The lowest BCUT2D eigenvalue weighted by atomic mass is 9.94. The molecule has 0 radical (unpaired) electrons. The van der Waals surface area contributed by atoms with E-state index < -0.39 is 15.0 Å². The summed E-state index contributed by atoms with van der Waals surface area (Å²) in [5.74, 6) is -0.605. The Bertz CT molecular complexity index is 606. The molecule has 1 N–H and O–H groups in total. The van der Waals surface area contributed by atoms with Gasteiger partial charge < -0.3 is 19.1 Å². The zero-order valence-corrected chi connectivity index (χ0v) is 13.0. The van der Waals surface area contributed by atoms with Gasteiger partial charge in [0.1, 0.15) is 32.3 Å². The van der Waals surface area contributed by atoms with Crippen molar-refractivity contribution in [2.75, 3.05) is 14.2 Å². The fraction of sp³-hybridized carbons (Fsp3) is 0.538. The molecule has 0 aliphatic rings. The van der Waals surface area contributed by atoms with Crippen LogP contribution in [0.5, 0.6) is 17.2 Å². The van der Waals surface area contributed by atoms with Crippen LogP contribution >= 0.6 is 0 Å².